The summed E-state index contributed by atoms with van der Waals surface area (Å²) in [5, 5.41) is 9.03. The number of nitrogens with zero attached hydrogens (tertiary/aromatic N) is 5. The molecule has 12 heteroatoms. The fraction of sp³-hybridized carbons (Fsp3) is 0.265. The van der Waals surface area contributed by atoms with Gasteiger partial charge in [0.05, 0.1) is 43.6 Å². The van der Waals surface area contributed by atoms with Crippen LogP contribution in [0.4, 0.5) is 8.78 Å². The molecular weight excluding hydrogens is 596 g/mol. The minimum atomic E-state index is -0.663. The Morgan fingerprint density at radius 3 is 2.59 bits per heavy atom. The Bertz CT molecular complexity index is 2000. The molecule has 0 radical (unpaired) electrons. The summed E-state index contributed by atoms with van der Waals surface area (Å²) in [4.78, 5) is 25.7. The number of hydrogen-bond acceptors (Lipinski definition) is 9. The second-order valence-corrected chi connectivity index (χ2v) is 10.8. The van der Waals surface area contributed by atoms with Gasteiger partial charge in [-0.1, -0.05) is 12.1 Å². The molecule has 0 amide bonds. The molecule has 0 spiro atoms. The summed E-state index contributed by atoms with van der Waals surface area (Å²) in [6, 6.07) is 15.6. The Morgan fingerprint density at radius 2 is 1.89 bits per heavy atom. The lowest BCUT2D eigenvalue weighted by Crippen LogP contribution is -2.31. The molecule has 6 rings (SSSR count). The third kappa shape index (κ3) is 6.09. The number of hydrogen-bond donors (Lipinski definition) is 0. The third-order valence-corrected chi connectivity index (χ3v) is 7.89. The van der Waals surface area contributed by atoms with Gasteiger partial charge in [-0.2, -0.15) is 5.26 Å². The zero-order valence-electron chi connectivity index (χ0n) is 25.3. The van der Waals surface area contributed by atoms with E-state index < -0.39 is 17.6 Å². The number of methoxy groups -OCH3 is 2. The highest BCUT2D eigenvalue weighted by Crippen LogP contribution is 2.32. The van der Waals surface area contributed by atoms with Crippen LogP contribution in [0.2, 0.25) is 0 Å². The number of aryl methyl sites for hydroxylation is 1. The van der Waals surface area contributed by atoms with Crippen LogP contribution in [-0.4, -0.2) is 52.4 Å². The van der Waals surface area contributed by atoms with Crippen LogP contribution in [0.25, 0.3) is 22.3 Å². The maximum atomic E-state index is 15.7. The number of aromatic nitrogens is 4. The smallest absolute Gasteiger partial charge is 0.338 e. The van der Waals surface area contributed by atoms with E-state index in [2.05, 4.69) is 9.97 Å². The Labute approximate surface area is 263 Å². The number of imidazole rings is 1. The van der Waals surface area contributed by atoms with E-state index in [1.54, 1.807) is 43.3 Å². The molecule has 1 aliphatic heterocycles. The minimum Gasteiger partial charge on any atom is -0.494 e. The van der Waals surface area contributed by atoms with Gasteiger partial charge in [0, 0.05) is 35.9 Å². The standard InChI is InChI=1S/C34H29F2N5O5/c1-19-20(7-8-23(16-37)38-19)18-46-32-6-4-5-28(39-32)25-15-26(35)21(11-27(25)36)14-31-40-33-29(41(31)17-24-9-10-45-24)12-22(34(42)44-3)13-30(33)43-2/h4-8,11-13,15,24H,9-10,14,17-18H2,1-3H3/t24-/m0/s1. The Hall–Kier alpha value is -5.41. The molecule has 0 saturated carbocycles. The van der Waals surface area contributed by atoms with Gasteiger partial charge in [0.1, 0.15) is 47.1 Å². The quantitative estimate of drug-likeness (QED) is 0.180. The van der Waals surface area contributed by atoms with Gasteiger partial charge in [-0.3, -0.25) is 0 Å². The molecule has 0 unspecified atom stereocenters. The summed E-state index contributed by atoms with van der Waals surface area (Å²) in [5.74, 6) is -0.806. The number of pyridine rings is 2. The first-order valence-electron chi connectivity index (χ1n) is 14.5. The number of ether oxygens (including phenoxy) is 4. The molecule has 4 heterocycles. The van der Waals surface area contributed by atoms with E-state index in [1.807, 2.05) is 10.6 Å². The zero-order valence-corrected chi connectivity index (χ0v) is 25.3. The van der Waals surface area contributed by atoms with E-state index in [9.17, 15) is 4.79 Å². The maximum Gasteiger partial charge on any atom is 0.338 e. The van der Waals surface area contributed by atoms with Crippen molar-refractivity contribution >= 4 is 17.0 Å². The van der Waals surface area contributed by atoms with Crippen molar-refractivity contribution in [3.05, 3.63) is 100 Å². The largest absolute Gasteiger partial charge is 0.494 e. The second-order valence-electron chi connectivity index (χ2n) is 10.8. The molecule has 1 aliphatic rings. The summed E-state index contributed by atoms with van der Waals surface area (Å²) in [5.41, 5.74) is 3.34. The molecule has 1 atom stereocenters. The van der Waals surface area contributed by atoms with Gasteiger partial charge in [-0.25, -0.2) is 28.5 Å². The molecule has 1 saturated heterocycles. The van der Waals surface area contributed by atoms with Gasteiger partial charge in [-0.15, -0.1) is 0 Å². The fourth-order valence-electron chi connectivity index (χ4n) is 5.29. The first-order valence-corrected chi connectivity index (χ1v) is 14.5. The van der Waals surface area contributed by atoms with Crippen molar-refractivity contribution in [2.24, 2.45) is 0 Å². The number of carbonyl (C=O) groups is 1. The highest BCUT2D eigenvalue weighted by Gasteiger charge is 2.25. The minimum absolute atomic E-state index is 0.0244. The van der Waals surface area contributed by atoms with Gasteiger partial charge in [0.25, 0.3) is 0 Å². The number of carbonyl (C=O) groups excluding carboxylic acids is 1. The highest BCUT2D eigenvalue weighted by atomic mass is 19.1. The van der Waals surface area contributed by atoms with Crippen molar-refractivity contribution in [3.63, 3.8) is 0 Å². The normalized spacial score (nSPS) is 14.0. The molecule has 10 nitrogen and oxygen atoms in total. The number of halogens is 2. The van der Waals surface area contributed by atoms with Crippen LogP contribution in [0.5, 0.6) is 11.6 Å². The maximum absolute atomic E-state index is 15.7. The van der Waals surface area contributed by atoms with E-state index in [-0.39, 0.29) is 47.4 Å². The lowest BCUT2D eigenvalue weighted by atomic mass is 10.0. The third-order valence-electron chi connectivity index (χ3n) is 7.89. The number of rotatable bonds is 10. The van der Waals surface area contributed by atoms with Crippen LogP contribution < -0.4 is 9.47 Å². The van der Waals surface area contributed by atoms with Crippen LogP contribution >= 0.6 is 0 Å². The van der Waals surface area contributed by atoms with Gasteiger partial charge in [0.2, 0.25) is 5.88 Å². The first-order chi connectivity index (χ1) is 22.3. The van der Waals surface area contributed by atoms with Crippen LogP contribution in [0.15, 0.2) is 54.6 Å². The average molecular weight is 626 g/mol. The van der Waals surface area contributed by atoms with E-state index in [4.69, 9.17) is 29.2 Å². The average Bonchev–Trinajstić information content (AvgIpc) is 3.39. The number of esters is 1. The number of nitriles is 1. The molecule has 234 valence electrons. The van der Waals surface area contributed by atoms with Crippen molar-refractivity contribution in [2.75, 3.05) is 20.8 Å². The van der Waals surface area contributed by atoms with Crippen LogP contribution in [-0.2, 0) is 29.0 Å². The molecule has 1 fully saturated rings. The van der Waals surface area contributed by atoms with E-state index in [1.165, 1.54) is 20.3 Å². The predicted molar refractivity (Wildman–Crippen MR) is 162 cm³/mol. The van der Waals surface area contributed by atoms with Crippen molar-refractivity contribution in [3.8, 4) is 29.0 Å². The molecule has 5 aromatic rings. The Morgan fingerprint density at radius 1 is 1.07 bits per heavy atom. The van der Waals surface area contributed by atoms with Gasteiger partial charge < -0.3 is 23.5 Å². The monoisotopic (exact) mass is 625 g/mol. The first kappa shape index (κ1) is 30.6. The number of benzene rings is 2. The summed E-state index contributed by atoms with van der Waals surface area (Å²) >= 11 is 0. The van der Waals surface area contributed by atoms with Crippen molar-refractivity contribution < 1.29 is 32.5 Å². The van der Waals surface area contributed by atoms with Gasteiger partial charge in [-0.05, 0) is 55.3 Å². The Kier molecular flexibility index (Phi) is 8.59. The van der Waals surface area contributed by atoms with Crippen LogP contribution in [0, 0.1) is 29.9 Å². The highest BCUT2D eigenvalue weighted by molar-refractivity contribution is 5.96. The summed E-state index contributed by atoms with van der Waals surface area (Å²) in [6.07, 6.45) is 0.727. The lowest BCUT2D eigenvalue weighted by molar-refractivity contribution is -0.0589. The topological polar surface area (TPSA) is 121 Å². The zero-order chi connectivity index (χ0) is 32.4. The summed E-state index contributed by atoms with van der Waals surface area (Å²) in [6.45, 7) is 2.96. The predicted octanol–water partition coefficient (Wildman–Crippen LogP) is 5.71. The summed E-state index contributed by atoms with van der Waals surface area (Å²) < 4.78 is 55.0. The fourth-order valence-corrected chi connectivity index (χ4v) is 5.29. The second kappa shape index (κ2) is 12.9. The van der Waals surface area contributed by atoms with Gasteiger partial charge in [0.15, 0.2) is 0 Å². The van der Waals surface area contributed by atoms with Gasteiger partial charge >= 0.3 is 5.97 Å². The molecule has 46 heavy (non-hydrogen) atoms. The van der Waals surface area contributed by atoms with Crippen molar-refractivity contribution in [1.29, 1.82) is 5.26 Å². The molecular formula is C34H29F2N5O5. The molecule has 2 aromatic carbocycles. The van der Waals surface area contributed by atoms with E-state index >= 15 is 8.78 Å². The molecule has 0 bridgehead atoms. The Balaban J connectivity index is 1.29. The molecule has 3 aromatic heterocycles. The van der Waals surface area contributed by atoms with Crippen molar-refractivity contribution in [1.82, 2.24) is 19.5 Å². The van der Waals surface area contributed by atoms with E-state index in [0.29, 0.717) is 47.1 Å². The summed E-state index contributed by atoms with van der Waals surface area (Å²) in [7, 11) is 2.76. The lowest BCUT2D eigenvalue weighted by Gasteiger charge is -2.27. The van der Waals surface area contributed by atoms with Crippen LogP contribution in [0.3, 0.4) is 0 Å². The molecule has 0 N–H and O–H groups in total. The SMILES string of the molecule is COC(=O)c1cc(OC)c2nc(Cc3cc(F)c(-c4cccc(OCc5ccc(C#N)nc5C)n4)cc3F)n(C[C@@H]3CCO3)c2c1. The number of fused-ring (bicyclic) bond motifs is 1. The molecule has 0 aliphatic carbocycles. The van der Waals surface area contributed by atoms with E-state index in [0.717, 1.165) is 24.1 Å². The van der Waals surface area contributed by atoms with Crippen LogP contribution in [0.1, 0.15) is 45.1 Å². The van der Waals surface area contributed by atoms with Crippen molar-refractivity contribution in [2.45, 2.75) is 39.0 Å².